The van der Waals surface area contributed by atoms with Gasteiger partial charge in [-0.3, -0.25) is 18.9 Å². The zero-order valence-corrected chi connectivity index (χ0v) is 32.3. The predicted molar refractivity (Wildman–Crippen MR) is 223 cm³/mol. The van der Waals surface area contributed by atoms with Gasteiger partial charge in [-0.15, -0.1) is 15.3 Å². The van der Waals surface area contributed by atoms with Crippen molar-refractivity contribution in [1.29, 1.82) is 0 Å². The number of aromatic nitrogens is 8. The smallest absolute Gasteiger partial charge is 0.246 e. The quantitative estimate of drug-likeness (QED) is 0.100. The molecule has 56 heavy (non-hydrogen) atoms. The van der Waals surface area contributed by atoms with E-state index in [0.29, 0.717) is 15.8 Å². The molecule has 0 aliphatic heterocycles. The van der Waals surface area contributed by atoms with Crippen LogP contribution in [0.25, 0.3) is 22.8 Å². The first kappa shape index (κ1) is 37.5. The molecule has 4 heterocycles. The second-order valence-corrected chi connectivity index (χ2v) is 14.0. The van der Waals surface area contributed by atoms with E-state index in [9.17, 15) is 9.59 Å². The minimum Gasteiger partial charge on any atom is -0.325 e. The molecule has 4 aromatic heterocycles. The molecule has 4 aromatic carbocycles. The lowest BCUT2D eigenvalue weighted by atomic mass is 10.2. The first-order chi connectivity index (χ1) is 27.3. The molecule has 2 N–H and O–H groups in total. The molecule has 0 spiro atoms. The van der Waals surface area contributed by atoms with Crippen LogP contribution in [0.5, 0.6) is 0 Å². The normalized spacial score (nSPS) is 10.8. The molecule has 0 aliphatic rings. The van der Waals surface area contributed by atoms with Crippen molar-refractivity contribution in [1.82, 2.24) is 38.7 Å². The first-order valence-electron chi connectivity index (χ1n) is 17.7. The number of rotatable bonds is 11. The lowest BCUT2D eigenvalue weighted by molar-refractivity contribution is -0.117. The number of carbonyl (C=O) groups is 2. The molecule has 0 saturated heterocycles. The SMILES string of the molecule is Cc1ccc(NC(=O)CSc2nnc(-c3ccccc3)n2-n2cccc2)cc1.Cc1ccc(NC(=O)Cn2nc(-c3ccccc3)n(-n3cccc3)c2=S)cc1. The topological polar surface area (TPSA) is 122 Å². The van der Waals surface area contributed by atoms with Crippen LogP contribution in [-0.2, 0) is 16.1 Å². The van der Waals surface area contributed by atoms with Crippen molar-refractivity contribution in [3.8, 4) is 22.8 Å². The number of hydrogen-bond donors (Lipinski definition) is 2. The molecule has 0 radical (unpaired) electrons. The average molecular weight is 779 g/mol. The van der Waals surface area contributed by atoms with Crippen molar-refractivity contribution >= 4 is 47.2 Å². The number of amides is 2. The van der Waals surface area contributed by atoms with Gasteiger partial charge in [0.15, 0.2) is 11.6 Å². The van der Waals surface area contributed by atoms with Crippen LogP contribution in [-0.4, -0.2) is 56.2 Å². The Balaban J connectivity index is 0.000000172. The standard InChI is InChI=1S/2C21H19N5OS/c1-16-9-11-18(12-10-16)22-19(27)15-28-21-24-23-20(17-7-3-2-4-8-17)26(21)25-13-5-6-14-25;1-16-9-11-18(12-10-16)22-19(27)15-25-21(28)26(24-13-5-6-14-24)20(23-25)17-7-3-2-4-8-17/h2*2-14H,15H2,1H3,(H,22,27). The molecule has 0 unspecified atom stereocenters. The van der Waals surface area contributed by atoms with Crippen LogP contribution < -0.4 is 10.6 Å². The van der Waals surface area contributed by atoms with E-state index in [1.54, 1.807) is 4.68 Å². The number of nitrogens with one attached hydrogen (secondary N) is 2. The third-order valence-electron chi connectivity index (χ3n) is 8.43. The third kappa shape index (κ3) is 9.12. The number of benzene rings is 4. The number of thioether (sulfide) groups is 1. The van der Waals surface area contributed by atoms with Crippen LogP contribution in [0.4, 0.5) is 11.4 Å². The van der Waals surface area contributed by atoms with E-state index >= 15 is 0 Å². The van der Waals surface area contributed by atoms with Gasteiger partial charge >= 0.3 is 0 Å². The summed E-state index contributed by atoms with van der Waals surface area (Å²) in [5.41, 5.74) is 5.70. The highest BCUT2D eigenvalue weighted by molar-refractivity contribution is 7.99. The number of carbonyl (C=O) groups excluding carboxylic acids is 2. The number of nitrogens with zero attached hydrogens (tertiary/aromatic N) is 8. The van der Waals surface area contributed by atoms with Crippen LogP contribution in [0, 0.1) is 18.6 Å². The van der Waals surface area contributed by atoms with Crippen molar-refractivity contribution in [2.24, 2.45) is 0 Å². The van der Waals surface area contributed by atoms with Gasteiger partial charge in [0.05, 0.1) is 5.75 Å². The van der Waals surface area contributed by atoms with Crippen molar-refractivity contribution < 1.29 is 9.59 Å². The Bertz CT molecular complexity index is 2560. The fourth-order valence-electron chi connectivity index (χ4n) is 5.66. The molecule has 0 aliphatic carbocycles. The highest BCUT2D eigenvalue weighted by Crippen LogP contribution is 2.25. The van der Waals surface area contributed by atoms with Crippen LogP contribution >= 0.6 is 24.0 Å². The Hall–Kier alpha value is -6.77. The maximum Gasteiger partial charge on any atom is 0.246 e. The monoisotopic (exact) mass is 778 g/mol. The Morgan fingerprint density at radius 2 is 1.07 bits per heavy atom. The van der Waals surface area contributed by atoms with Gasteiger partial charge in [-0.05, 0) is 74.6 Å². The van der Waals surface area contributed by atoms with Crippen LogP contribution in [0.15, 0.2) is 163 Å². The number of anilines is 2. The summed E-state index contributed by atoms with van der Waals surface area (Å²) in [7, 11) is 0. The predicted octanol–water partition coefficient (Wildman–Crippen LogP) is 8.24. The minimum absolute atomic E-state index is 0.0286. The summed E-state index contributed by atoms with van der Waals surface area (Å²) in [4.78, 5) is 24.9. The van der Waals surface area contributed by atoms with E-state index in [1.807, 2.05) is 191 Å². The largest absolute Gasteiger partial charge is 0.325 e. The fraction of sp³-hybridized carbons (Fsp3) is 0.0952. The molecule has 2 amide bonds. The highest BCUT2D eigenvalue weighted by Gasteiger charge is 2.18. The van der Waals surface area contributed by atoms with E-state index in [2.05, 4.69) is 25.9 Å². The van der Waals surface area contributed by atoms with Crippen LogP contribution in [0.2, 0.25) is 0 Å². The van der Waals surface area contributed by atoms with Gasteiger partial charge in [0.2, 0.25) is 21.7 Å². The first-order valence-corrected chi connectivity index (χ1v) is 19.1. The van der Waals surface area contributed by atoms with Crippen LogP contribution in [0.1, 0.15) is 11.1 Å². The Morgan fingerprint density at radius 3 is 1.61 bits per heavy atom. The maximum absolute atomic E-state index is 12.5. The molecule has 0 atom stereocenters. The lowest BCUT2D eigenvalue weighted by Gasteiger charge is -2.11. The second-order valence-electron chi connectivity index (χ2n) is 12.7. The maximum atomic E-state index is 12.5. The zero-order valence-electron chi connectivity index (χ0n) is 30.6. The van der Waals surface area contributed by atoms with E-state index in [0.717, 1.165) is 39.5 Å². The van der Waals surface area contributed by atoms with Crippen molar-refractivity contribution in [3.63, 3.8) is 0 Å². The molecule has 0 fully saturated rings. The number of hydrogen-bond acceptors (Lipinski definition) is 7. The zero-order chi connectivity index (χ0) is 38.9. The summed E-state index contributed by atoms with van der Waals surface area (Å²) in [5, 5.41) is 19.7. The molecule has 8 aromatic rings. The van der Waals surface area contributed by atoms with Crippen molar-refractivity contribution in [2.45, 2.75) is 25.5 Å². The Morgan fingerprint density at radius 1 is 0.589 bits per heavy atom. The van der Waals surface area contributed by atoms with E-state index in [4.69, 9.17) is 12.2 Å². The third-order valence-corrected chi connectivity index (χ3v) is 9.73. The van der Waals surface area contributed by atoms with Gasteiger partial charge in [0.1, 0.15) is 6.54 Å². The van der Waals surface area contributed by atoms with Crippen LogP contribution in [0.3, 0.4) is 0 Å². The summed E-state index contributed by atoms with van der Waals surface area (Å²) in [6.45, 7) is 4.05. The Kier molecular flexibility index (Phi) is 11.8. The van der Waals surface area contributed by atoms with Gasteiger partial charge in [0, 0.05) is 47.3 Å². The van der Waals surface area contributed by atoms with Gasteiger partial charge < -0.3 is 10.6 Å². The molecule has 14 heteroatoms. The molecule has 280 valence electrons. The Labute approximate surface area is 333 Å². The summed E-state index contributed by atoms with van der Waals surface area (Å²) in [6.07, 6.45) is 7.62. The summed E-state index contributed by atoms with van der Waals surface area (Å²) in [5.74, 6) is 1.36. The molecular weight excluding hydrogens is 741 g/mol. The molecule has 0 saturated carbocycles. The minimum atomic E-state index is -0.184. The van der Waals surface area contributed by atoms with Gasteiger partial charge in [-0.1, -0.05) is 108 Å². The van der Waals surface area contributed by atoms with Gasteiger partial charge in [-0.25, -0.2) is 14.0 Å². The van der Waals surface area contributed by atoms with Crippen molar-refractivity contribution in [2.75, 3.05) is 16.4 Å². The summed E-state index contributed by atoms with van der Waals surface area (Å²) in [6, 6.07) is 42.7. The van der Waals surface area contributed by atoms with E-state index in [1.165, 1.54) is 11.8 Å². The highest BCUT2D eigenvalue weighted by atomic mass is 32.2. The van der Waals surface area contributed by atoms with Crippen molar-refractivity contribution in [3.05, 3.63) is 174 Å². The number of aryl methyl sites for hydroxylation is 2. The second kappa shape index (κ2) is 17.6. The summed E-state index contributed by atoms with van der Waals surface area (Å²) >= 11 is 6.97. The average Bonchev–Trinajstić information content (AvgIpc) is 4.05. The van der Waals surface area contributed by atoms with E-state index < -0.39 is 0 Å². The molecular formula is C42H38N10O2S2. The van der Waals surface area contributed by atoms with Gasteiger partial charge in [-0.2, -0.15) is 0 Å². The van der Waals surface area contributed by atoms with E-state index in [-0.39, 0.29) is 24.1 Å². The molecule has 8 rings (SSSR count). The fourth-order valence-corrected chi connectivity index (χ4v) is 6.68. The summed E-state index contributed by atoms with van der Waals surface area (Å²) < 4.78 is 9.45. The van der Waals surface area contributed by atoms with Gasteiger partial charge in [0.25, 0.3) is 0 Å². The molecule has 12 nitrogen and oxygen atoms in total. The molecule has 0 bridgehead atoms. The lowest BCUT2D eigenvalue weighted by Crippen LogP contribution is -2.20.